The van der Waals surface area contributed by atoms with Crippen molar-refractivity contribution in [3.05, 3.63) is 0 Å². The molecule has 72 valence electrons. The highest BCUT2D eigenvalue weighted by Gasteiger charge is 2.30. The molecule has 12 heavy (non-hydrogen) atoms. The number of carboxylic acids is 1. The van der Waals surface area contributed by atoms with E-state index in [0.717, 1.165) is 13.0 Å². The van der Waals surface area contributed by atoms with Crippen LogP contribution in [0.4, 0.5) is 0 Å². The van der Waals surface area contributed by atoms with E-state index in [1.54, 1.807) is 0 Å². The van der Waals surface area contributed by atoms with Crippen molar-refractivity contribution in [1.29, 1.82) is 0 Å². The maximum Gasteiger partial charge on any atom is 0.308 e. The maximum absolute atomic E-state index is 10.5. The average molecular weight is 173 g/mol. The van der Waals surface area contributed by atoms with Crippen LogP contribution in [-0.2, 0) is 4.79 Å². The van der Waals surface area contributed by atoms with Crippen LogP contribution < -0.4 is 5.32 Å². The smallest absolute Gasteiger partial charge is 0.308 e. The Bertz CT molecular complexity index is 136. The third-order valence-electron chi connectivity index (χ3n) is 2.18. The molecule has 2 unspecified atom stereocenters. The van der Waals surface area contributed by atoms with Crippen LogP contribution in [-0.4, -0.2) is 24.2 Å². The van der Waals surface area contributed by atoms with E-state index in [9.17, 15) is 4.79 Å². The van der Waals surface area contributed by atoms with Crippen molar-refractivity contribution in [2.45, 2.75) is 27.2 Å². The molecule has 0 aromatic carbocycles. The zero-order chi connectivity index (χ0) is 9.56. The van der Waals surface area contributed by atoms with Crippen molar-refractivity contribution in [1.82, 2.24) is 5.32 Å². The van der Waals surface area contributed by atoms with Gasteiger partial charge in [-0.1, -0.05) is 27.2 Å². The van der Waals surface area contributed by atoms with Crippen LogP contribution in [0, 0.1) is 11.8 Å². The van der Waals surface area contributed by atoms with Gasteiger partial charge in [0, 0.05) is 6.54 Å². The molecule has 0 bridgehead atoms. The Kier molecular flexibility index (Phi) is 5.72. The molecular formula is C9H19NO2. The molecule has 0 amide bonds. The van der Waals surface area contributed by atoms with Crippen LogP contribution in [0.15, 0.2) is 0 Å². The highest BCUT2D eigenvalue weighted by Crippen LogP contribution is 2.19. The average Bonchev–Trinajstić information content (AvgIpc) is 2.55. The van der Waals surface area contributed by atoms with E-state index in [1.807, 2.05) is 20.8 Å². The van der Waals surface area contributed by atoms with E-state index in [2.05, 4.69) is 5.32 Å². The monoisotopic (exact) mass is 173 g/mol. The lowest BCUT2D eigenvalue weighted by molar-refractivity contribution is -0.142. The molecule has 2 atom stereocenters. The van der Waals surface area contributed by atoms with E-state index in [0.29, 0.717) is 12.5 Å². The van der Waals surface area contributed by atoms with Gasteiger partial charge in [0.1, 0.15) is 0 Å². The fourth-order valence-corrected chi connectivity index (χ4v) is 1.45. The van der Waals surface area contributed by atoms with E-state index >= 15 is 0 Å². The van der Waals surface area contributed by atoms with Gasteiger partial charge in [-0.05, 0) is 12.5 Å². The van der Waals surface area contributed by atoms with Crippen LogP contribution in [0.1, 0.15) is 27.2 Å². The summed E-state index contributed by atoms with van der Waals surface area (Å²) in [4.78, 5) is 10.5. The summed E-state index contributed by atoms with van der Waals surface area (Å²) in [7, 11) is 0. The molecule has 0 aromatic heterocycles. The number of carboxylic acid groups (broad SMARTS) is 1. The molecule has 0 radical (unpaired) electrons. The minimum absolute atomic E-state index is 0.148. The van der Waals surface area contributed by atoms with E-state index in [1.165, 1.54) is 0 Å². The number of hydrogen-bond donors (Lipinski definition) is 2. The zero-order valence-corrected chi connectivity index (χ0v) is 8.13. The Morgan fingerprint density at radius 1 is 1.50 bits per heavy atom. The van der Waals surface area contributed by atoms with Crippen molar-refractivity contribution in [2.24, 2.45) is 11.8 Å². The standard InChI is InChI=1S/C7H13NO2.C2H6/c1-2-5-3-8-4-6(5)7(9)10;1-2/h5-6,8H,2-4H2,1H3,(H,9,10);1-2H3. The summed E-state index contributed by atoms with van der Waals surface area (Å²) in [6, 6.07) is 0. The summed E-state index contributed by atoms with van der Waals surface area (Å²) < 4.78 is 0. The molecule has 0 saturated carbocycles. The van der Waals surface area contributed by atoms with Gasteiger partial charge in [-0.3, -0.25) is 4.79 Å². The fourth-order valence-electron chi connectivity index (χ4n) is 1.45. The molecule has 0 aromatic rings. The first-order valence-electron chi connectivity index (χ1n) is 4.69. The predicted molar refractivity (Wildman–Crippen MR) is 49.1 cm³/mol. The van der Waals surface area contributed by atoms with Gasteiger partial charge in [0.25, 0.3) is 0 Å². The summed E-state index contributed by atoms with van der Waals surface area (Å²) in [6.07, 6.45) is 0.962. The van der Waals surface area contributed by atoms with E-state index < -0.39 is 5.97 Å². The highest BCUT2D eigenvalue weighted by atomic mass is 16.4. The van der Waals surface area contributed by atoms with Gasteiger partial charge < -0.3 is 10.4 Å². The second-order valence-corrected chi connectivity index (χ2v) is 2.77. The van der Waals surface area contributed by atoms with Gasteiger partial charge in [0.15, 0.2) is 0 Å². The van der Waals surface area contributed by atoms with Gasteiger partial charge in [0.05, 0.1) is 5.92 Å². The van der Waals surface area contributed by atoms with Crippen molar-refractivity contribution in [3.63, 3.8) is 0 Å². The molecule has 0 spiro atoms. The Morgan fingerprint density at radius 3 is 2.42 bits per heavy atom. The highest BCUT2D eigenvalue weighted by molar-refractivity contribution is 5.71. The number of carbonyl (C=O) groups is 1. The lowest BCUT2D eigenvalue weighted by atomic mass is 9.94. The first-order chi connectivity index (χ1) is 5.75. The van der Waals surface area contributed by atoms with E-state index in [-0.39, 0.29) is 5.92 Å². The summed E-state index contributed by atoms with van der Waals surface area (Å²) in [6.45, 7) is 7.55. The Labute approximate surface area is 74.2 Å². The minimum Gasteiger partial charge on any atom is -0.481 e. The molecular weight excluding hydrogens is 154 g/mol. The lowest BCUT2D eigenvalue weighted by Gasteiger charge is -2.10. The number of rotatable bonds is 2. The lowest BCUT2D eigenvalue weighted by Crippen LogP contribution is -2.21. The molecule has 1 fully saturated rings. The van der Waals surface area contributed by atoms with Gasteiger partial charge in [-0.15, -0.1) is 0 Å². The van der Waals surface area contributed by atoms with Gasteiger partial charge in [-0.2, -0.15) is 0 Å². The number of aliphatic carboxylic acids is 1. The first-order valence-corrected chi connectivity index (χ1v) is 4.69. The van der Waals surface area contributed by atoms with Gasteiger partial charge in [0.2, 0.25) is 0 Å². The van der Waals surface area contributed by atoms with E-state index in [4.69, 9.17) is 5.11 Å². The maximum atomic E-state index is 10.5. The largest absolute Gasteiger partial charge is 0.481 e. The molecule has 2 N–H and O–H groups in total. The summed E-state index contributed by atoms with van der Waals surface area (Å²) in [5, 5.41) is 11.7. The number of nitrogens with one attached hydrogen (secondary N) is 1. The van der Waals surface area contributed by atoms with Crippen molar-refractivity contribution in [3.8, 4) is 0 Å². The van der Waals surface area contributed by atoms with Crippen LogP contribution in [0.3, 0.4) is 0 Å². The minimum atomic E-state index is -0.656. The molecule has 0 aliphatic carbocycles. The molecule has 1 heterocycles. The quantitative estimate of drug-likeness (QED) is 0.662. The second kappa shape index (κ2) is 6.00. The molecule has 1 aliphatic rings. The van der Waals surface area contributed by atoms with Crippen molar-refractivity contribution in [2.75, 3.05) is 13.1 Å². The Balaban J connectivity index is 0.000000561. The van der Waals surface area contributed by atoms with Crippen LogP contribution in [0.25, 0.3) is 0 Å². The topological polar surface area (TPSA) is 49.3 Å². The van der Waals surface area contributed by atoms with Gasteiger partial charge >= 0.3 is 5.97 Å². The van der Waals surface area contributed by atoms with Gasteiger partial charge in [-0.25, -0.2) is 0 Å². The zero-order valence-electron chi connectivity index (χ0n) is 8.13. The molecule has 3 heteroatoms. The molecule has 1 saturated heterocycles. The second-order valence-electron chi connectivity index (χ2n) is 2.77. The van der Waals surface area contributed by atoms with Crippen molar-refractivity contribution < 1.29 is 9.90 Å². The predicted octanol–water partition coefficient (Wildman–Crippen LogP) is 1.34. The first kappa shape index (κ1) is 11.4. The third-order valence-corrected chi connectivity index (χ3v) is 2.18. The van der Waals surface area contributed by atoms with Crippen molar-refractivity contribution >= 4 is 5.97 Å². The Morgan fingerprint density at radius 2 is 2.08 bits per heavy atom. The number of hydrogen-bond acceptors (Lipinski definition) is 2. The summed E-state index contributed by atoms with van der Waals surface area (Å²) in [5.41, 5.74) is 0. The van der Waals surface area contributed by atoms with Crippen LogP contribution in [0.5, 0.6) is 0 Å². The Hall–Kier alpha value is -0.570. The SMILES string of the molecule is CC.CCC1CNCC1C(=O)O. The molecule has 1 aliphatic heterocycles. The fraction of sp³-hybridized carbons (Fsp3) is 0.889. The third kappa shape index (κ3) is 2.81. The molecule has 1 rings (SSSR count). The normalized spacial score (nSPS) is 27.6. The summed E-state index contributed by atoms with van der Waals surface area (Å²) >= 11 is 0. The summed E-state index contributed by atoms with van der Waals surface area (Å²) in [5.74, 6) is -0.459. The van der Waals surface area contributed by atoms with Crippen LogP contribution >= 0.6 is 0 Å². The van der Waals surface area contributed by atoms with Crippen LogP contribution in [0.2, 0.25) is 0 Å². The molecule has 3 nitrogen and oxygen atoms in total.